The fourth-order valence-electron chi connectivity index (χ4n) is 1.53. The molecule has 0 fully saturated rings. The van der Waals surface area contributed by atoms with Crippen molar-refractivity contribution in [2.24, 2.45) is 0 Å². The van der Waals surface area contributed by atoms with Crippen molar-refractivity contribution in [2.75, 3.05) is 5.73 Å². The molecule has 0 unspecified atom stereocenters. The van der Waals surface area contributed by atoms with Crippen LogP contribution in [0, 0.1) is 6.92 Å². The predicted octanol–water partition coefficient (Wildman–Crippen LogP) is 2.72. The summed E-state index contributed by atoms with van der Waals surface area (Å²) in [6, 6.07) is 7.23. The molecule has 0 saturated carbocycles. The Kier molecular flexibility index (Phi) is 4.08. The number of nitrogens with two attached hydrogens (primary N) is 1. The largest absolute Gasteiger partial charge is 0.399 e. The summed E-state index contributed by atoms with van der Waals surface area (Å²) < 4.78 is 0.948. The lowest BCUT2D eigenvalue weighted by Crippen LogP contribution is -2.08. The summed E-state index contributed by atoms with van der Waals surface area (Å²) in [5.41, 5.74) is 8.15. The first-order valence-corrected chi connectivity index (χ1v) is 7.06. The highest BCUT2D eigenvalue weighted by molar-refractivity contribution is 9.10. The highest BCUT2D eigenvalue weighted by atomic mass is 79.9. The second kappa shape index (κ2) is 5.58. The van der Waals surface area contributed by atoms with Crippen LogP contribution in [-0.4, -0.2) is 9.97 Å². The molecule has 2 rings (SSSR count). The van der Waals surface area contributed by atoms with Gasteiger partial charge >= 0.3 is 0 Å². The third kappa shape index (κ3) is 3.61. The Balaban J connectivity index is 2.13. The maximum absolute atomic E-state index is 11.3. The van der Waals surface area contributed by atoms with Gasteiger partial charge in [-0.15, -0.1) is 0 Å². The quantitative estimate of drug-likeness (QED) is 0.517. The summed E-state index contributed by atoms with van der Waals surface area (Å²) in [4.78, 5) is 18.3. The average Bonchev–Trinajstić information content (AvgIpc) is 2.23. The Bertz CT molecular complexity index is 607. The Morgan fingerprint density at radius 3 is 2.83 bits per heavy atom. The fraction of sp³-hybridized carbons (Fsp3) is 0.167. The van der Waals surface area contributed by atoms with Crippen molar-refractivity contribution < 1.29 is 0 Å². The SMILES string of the molecule is Cc1cc(=O)[nH]c(SCc2cc(N)cc(Br)c2)n1. The normalized spacial score (nSPS) is 10.6. The van der Waals surface area contributed by atoms with E-state index in [9.17, 15) is 4.79 Å². The van der Waals surface area contributed by atoms with E-state index < -0.39 is 0 Å². The van der Waals surface area contributed by atoms with E-state index in [1.165, 1.54) is 17.8 Å². The number of nitrogen functional groups attached to an aromatic ring is 1. The summed E-state index contributed by atoms with van der Waals surface area (Å²) in [6.45, 7) is 1.80. The molecule has 0 atom stereocenters. The number of aromatic amines is 1. The van der Waals surface area contributed by atoms with Crippen LogP contribution in [0.1, 0.15) is 11.3 Å². The number of anilines is 1. The first-order valence-electron chi connectivity index (χ1n) is 5.28. The summed E-state index contributed by atoms with van der Waals surface area (Å²) in [7, 11) is 0. The van der Waals surface area contributed by atoms with Gasteiger partial charge in [-0.25, -0.2) is 4.98 Å². The zero-order chi connectivity index (χ0) is 13.1. The van der Waals surface area contributed by atoms with Gasteiger partial charge in [-0.2, -0.15) is 0 Å². The van der Waals surface area contributed by atoms with E-state index in [-0.39, 0.29) is 5.56 Å². The van der Waals surface area contributed by atoms with Gasteiger partial charge in [0.15, 0.2) is 5.16 Å². The molecule has 0 saturated heterocycles. The topological polar surface area (TPSA) is 71.8 Å². The first kappa shape index (κ1) is 13.2. The summed E-state index contributed by atoms with van der Waals surface area (Å²) in [5, 5.41) is 0.624. The second-order valence-corrected chi connectivity index (χ2v) is 5.75. The molecule has 0 aliphatic heterocycles. The van der Waals surface area contributed by atoms with Crippen molar-refractivity contribution in [3.8, 4) is 0 Å². The monoisotopic (exact) mass is 325 g/mol. The number of halogens is 1. The van der Waals surface area contributed by atoms with Crippen LogP contribution in [-0.2, 0) is 5.75 Å². The van der Waals surface area contributed by atoms with Gasteiger partial charge in [0.05, 0.1) is 0 Å². The third-order valence-corrected chi connectivity index (χ3v) is 3.61. The lowest BCUT2D eigenvalue weighted by atomic mass is 10.2. The van der Waals surface area contributed by atoms with Gasteiger partial charge in [0.1, 0.15) is 0 Å². The van der Waals surface area contributed by atoms with Crippen molar-refractivity contribution in [3.05, 3.63) is 50.3 Å². The van der Waals surface area contributed by atoms with Gasteiger partial charge in [0.2, 0.25) is 0 Å². The van der Waals surface area contributed by atoms with E-state index in [1.54, 1.807) is 6.92 Å². The van der Waals surface area contributed by atoms with Crippen LogP contribution >= 0.6 is 27.7 Å². The number of nitrogens with zero attached hydrogens (tertiary/aromatic N) is 1. The summed E-state index contributed by atoms with van der Waals surface area (Å²) in [5.74, 6) is 0.704. The Labute approximate surface area is 117 Å². The minimum atomic E-state index is -0.126. The van der Waals surface area contributed by atoms with Crippen molar-refractivity contribution in [1.29, 1.82) is 0 Å². The summed E-state index contributed by atoms with van der Waals surface area (Å²) in [6.07, 6.45) is 0. The number of benzene rings is 1. The maximum atomic E-state index is 11.3. The number of aryl methyl sites for hydroxylation is 1. The molecule has 18 heavy (non-hydrogen) atoms. The van der Waals surface area contributed by atoms with E-state index in [1.807, 2.05) is 18.2 Å². The Hall–Kier alpha value is -1.27. The first-order chi connectivity index (χ1) is 8.52. The van der Waals surface area contributed by atoms with E-state index in [4.69, 9.17) is 5.73 Å². The van der Waals surface area contributed by atoms with Gasteiger partial charge in [-0.05, 0) is 30.7 Å². The average molecular weight is 326 g/mol. The van der Waals surface area contributed by atoms with Crippen LogP contribution in [0.25, 0.3) is 0 Å². The fourth-order valence-corrected chi connectivity index (χ4v) is 2.94. The third-order valence-electron chi connectivity index (χ3n) is 2.20. The van der Waals surface area contributed by atoms with E-state index in [0.29, 0.717) is 16.6 Å². The van der Waals surface area contributed by atoms with Crippen LogP contribution in [0.4, 0.5) is 5.69 Å². The van der Waals surface area contributed by atoms with Crippen LogP contribution in [0.2, 0.25) is 0 Å². The number of hydrogen-bond donors (Lipinski definition) is 2. The molecule has 4 nitrogen and oxygen atoms in total. The number of H-pyrrole nitrogens is 1. The van der Waals surface area contributed by atoms with Crippen molar-refractivity contribution in [1.82, 2.24) is 9.97 Å². The van der Waals surface area contributed by atoms with E-state index >= 15 is 0 Å². The molecular formula is C12H12BrN3OS. The Morgan fingerprint density at radius 2 is 2.17 bits per heavy atom. The number of aromatic nitrogens is 2. The molecule has 2 aromatic rings. The standard InChI is InChI=1S/C12H12BrN3OS/c1-7-2-11(17)16-12(15-7)18-6-8-3-9(13)5-10(14)4-8/h2-5H,6,14H2,1H3,(H,15,16,17). The molecule has 0 aliphatic rings. The van der Waals surface area contributed by atoms with Gasteiger partial charge in [-0.3, -0.25) is 4.79 Å². The van der Waals surface area contributed by atoms with Crippen molar-refractivity contribution in [2.45, 2.75) is 17.8 Å². The second-order valence-electron chi connectivity index (χ2n) is 3.87. The van der Waals surface area contributed by atoms with Crippen molar-refractivity contribution >= 4 is 33.4 Å². The number of thioether (sulfide) groups is 1. The smallest absolute Gasteiger partial charge is 0.251 e. The van der Waals surface area contributed by atoms with Gasteiger partial charge in [0, 0.05) is 27.7 Å². The zero-order valence-electron chi connectivity index (χ0n) is 9.74. The highest BCUT2D eigenvalue weighted by Gasteiger charge is 2.02. The molecule has 1 aromatic heterocycles. The molecule has 0 bridgehead atoms. The molecule has 0 spiro atoms. The maximum Gasteiger partial charge on any atom is 0.251 e. The molecule has 0 amide bonds. The van der Waals surface area contributed by atoms with Crippen LogP contribution < -0.4 is 11.3 Å². The minimum absolute atomic E-state index is 0.126. The lowest BCUT2D eigenvalue weighted by molar-refractivity contribution is 0.905. The van der Waals surface area contributed by atoms with Crippen LogP contribution in [0.15, 0.2) is 38.7 Å². The summed E-state index contributed by atoms with van der Waals surface area (Å²) >= 11 is 4.88. The lowest BCUT2D eigenvalue weighted by Gasteiger charge is -2.04. The van der Waals surface area contributed by atoms with E-state index in [2.05, 4.69) is 25.9 Å². The minimum Gasteiger partial charge on any atom is -0.399 e. The van der Waals surface area contributed by atoms with Gasteiger partial charge in [0.25, 0.3) is 5.56 Å². The molecule has 0 radical (unpaired) electrons. The van der Waals surface area contributed by atoms with Crippen LogP contribution in [0.5, 0.6) is 0 Å². The zero-order valence-corrected chi connectivity index (χ0v) is 12.1. The molecule has 94 valence electrons. The van der Waals surface area contributed by atoms with Crippen LogP contribution in [0.3, 0.4) is 0 Å². The Morgan fingerprint density at radius 1 is 1.39 bits per heavy atom. The van der Waals surface area contributed by atoms with Gasteiger partial charge in [-0.1, -0.05) is 27.7 Å². The predicted molar refractivity (Wildman–Crippen MR) is 77.7 cm³/mol. The highest BCUT2D eigenvalue weighted by Crippen LogP contribution is 2.23. The molecular weight excluding hydrogens is 314 g/mol. The number of nitrogens with one attached hydrogen (secondary N) is 1. The molecule has 3 N–H and O–H groups in total. The molecule has 0 aliphatic carbocycles. The molecule has 1 heterocycles. The molecule has 1 aromatic carbocycles. The number of hydrogen-bond acceptors (Lipinski definition) is 4. The molecule has 6 heteroatoms. The van der Waals surface area contributed by atoms with E-state index in [0.717, 1.165) is 15.7 Å². The van der Waals surface area contributed by atoms with Crippen molar-refractivity contribution in [3.63, 3.8) is 0 Å². The van der Waals surface area contributed by atoms with Gasteiger partial charge < -0.3 is 10.7 Å². The number of rotatable bonds is 3.